The van der Waals surface area contributed by atoms with Crippen LogP contribution in [0.15, 0.2) is 30.5 Å². The maximum Gasteiger partial charge on any atom is 0.296 e. The van der Waals surface area contributed by atoms with E-state index in [4.69, 9.17) is 16.3 Å². The maximum absolute atomic E-state index is 10.4. The van der Waals surface area contributed by atoms with Gasteiger partial charge in [-0.1, -0.05) is 49.7 Å². The Kier molecular flexibility index (Phi) is 5.25. The van der Waals surface area contributed by atoms with Gasteiger partial charge in [0.2, 0.25) is 0 Å². The molecule has 0 radical (unpaired) electrons. The van der Waals surface area contributed by atoms with Crippen LogP contribution in [0.1, 0.15) is 38.3 Å². The van der Waals surface area contributed by atoms with E-state index in [0.717, 1.165) is 35.0 Å². The van der Waals surface area contributed by atoms with Crippen LogP contribution < -0.4 is 0 Å². The third kappa shape index (κ3) is 3.22. The number of benzene rings is 1. The van der Waals surface area contributed by atoms with Gasteiger partial charge in [0.25, 0.3) is 6.01 Å². The van der Waals surface area contributed by atoms with Crippen molar-refractivity contribution in [2.24, 2.45) is 0 Å². The number of halogens is 1. The molecule has 6 heteroatoms. The highest BCUT2D eigenvalue weighted by molar-refractivity contribution is 6.34. The second kappa shape index (κ2) is 7.42. The fourth-order valence-electron chi connectivity index (χ4n) is 3.24. The molecule has 3 rings (SSSR count). The second-order valence-corrected chi connectivity index (χ2v) is 6.44. The van der Waals surface area contributed by atoms with Crippen molar-refractivity contribution in [3.05, 3.63) is 41.0 Å². The molecule has 2 aromatic heterocycles. The summed E-state index contributed by atoms with van der Waals surface area (Å²) in [4.78, 5) is 8.54. The third-order valence-corrected chi connectivity index (χ3v) is 4.80. The Bertz CT molecular complexity index is 871. The Hall–Kier alpha value is -2.11. The summed E-state index contributed by atoms with van der Waals surface area (Å²) < 4.78 is 7.02. The molecule has 0 saturated heterocycles. The van der Waals surface area contributed by atoms with E-state index in [1.807, 2.05) is 28.8 Å². The number of aromatic nitrogens is 3. The summed E-state index contributed by atoms with van der Waals surface area (Å²) in [6.45, 7) is 4.75. The van der Waals surface area contributed by atoms with Gasteiger partial charge in [0.1, 0.15) is 5.52 Å². The average Bonchev–Trinajstić information content (AvgIpc) is 2.94. The van der Waals surface area contributed by atoms with E-state index in [1.165, 1.54) is 0 Å². The molecule has 132 valence electrons. The molecule has 2 heterocycles. The quantitative estimate of drug-likeness (QED) is 0.675. The first-order valence-electron chi connectivity index (χ1n) is 8.44. The lowest BCUT2D eigenvalue weighted by atomic mass is 10.0. The van der Waals surface area contributed by atoms with E-state index in [1.54, 1.807) is 13.3 Å². The van der Waals surface area contributed by atoms with Crippen LogP contribution in [0.2, 0.25) is 5.02 Å². The van der Waals surface area contributed by atoms with E-state index >= 15 is 0 Å². The van der Waals surface area contributed by atoms with Crippen LogP contribution in [-0.4, -0.2) is 26.8 Å². The molecule has 0 atom stereocenters. The van der Waals surface area contributed by atoms with Gasteiger partial charge in [-0.15, -0.1) is 0 Å². The molecular formula is C19H22ClN3O2. The first kappa shape index (κ1) is 17.7. The highest BCUT2D eigenvalue weighted by Gasteiger charge is 2.22. The number of pyridine rings is 1. The second-order valence-electron chi connectivity index (χ2n) is 6.04. The monoisotopic (exact) mass is 359 g/mol. The number of rotatable bonds is 6. The molecule has 3 aromatic rings. The number of fused-ring (bicyclic) bond motifs is 1. The molecule has 1 N–H and O–H groups in total. The minimum absolute atomic E-state index is 0.0179. The summed E-state index contributed by atoms with van der Waals surface area (Å²) in [5.41, 5.74) is 4.17. The van der Waals surface area contributed by atoms with Crippen molar-refractivity contribution < 1.29 is 9.84 Å². The molecule has 0 aliphatic rings. The van der Waals surface area contributed by atoms with E-state index in [9.17, 15) is 5.11 Å². The summed E-state index contributed by atoms with van der Waals surface area (Å²) in [7, 11) is 1.67. The van der Waals surface area contributed by atoms with E-state index < -0.39 is 0 Å². The van der Waals surface area contributed by atoms with Gasteiger partial charge in [-0.2, -0.15) is 4.98 Å². The Morgan fingerprint density at radius 1 is 1.20 bits per heavy atom. The molecule has 0 amide bonds. The zero-order valence-electron chi connectivity index (χ0n) is 14.7. The smallest absolute Gasteiger partial charge is 0.296 e. The molecule has 0 aliphatic carbocycles. The number of hydrogen-bond acceptors (Lipinski definition) is 4. The normalized spacial score (nSPS) is 11.6. The van der Waals surface area contributed by atoms with Crippen LogP contribution >= 0.6 is 11.6 Å². The van der Waals surface area contributed by atoms with Gasteiger partial charge in [-0.25, -0.2) is 4.98 Å². The van der Waals surface area contributed by atoms with Gasteiger partial charge in [0.15, 0.2) is 5.65 Å². The molecule has 0 unspecified atom stereocenters. The Labute approximate surface area is 152 Å². The van der Waals surface area contributed by atoms with Gasteiger partial charge in [-0.3, -0.25) is 4.57 Å². The molecule has 0 bridgehead atoms. The summed E-state index contributed by atoms with van der Waals surface area (Å²) in [6, 6.07) is 8.16. The van der Waals surface area contributed by atoms with Gasteiger partial charge >= 0.3 is 0 Å². The zero-order chi connectivity index (χ0) is 18.0. The van der Waals surface area contributed by atoms with Crippen molar-refractivity contribution in [1.29, 1.82) is 0 Å². The van der Waals surface area contributed by atoms with Crippen molar-refractivity contribution in [2.75, 3.05) is 7.11 Å². The number of nitrogens with zero attached hydrogens (tertiary/aromatic N) is 3. The zero-order valence-corrected chi connectivity index (χ0v) is 15.4. The predicted molar refractivity (Wildman–Crippen MR) is 100.0 cm³/mol. The van der Waals surface area contributed by atoms with E-state index in [2.05, 4.69) is 23.8 Å². The first-order chi connectivity index (χ1) is 12.1. The summed E-state index contributed by atoms with van der Waals surface area (Å²) in [5, 5.41) is 10.9. The Balaban J connectivity index is 2.24. The van der Waals surface area contributed by atoms with E-state index in [0.29, 0.717) is 17.3 Å². The van der Waals surface area contributed by atoms with Crippen LogP contribution in [0.4, 0.5) is 0 Å². The van der Waals surface area contributed by atoms with Crippen LogP contribution in [0.25, 0.3) is 22.3 Å². The number of hydrogen-bond donors (Lipinski definition) is 1. The van der Waals surface area contributed by atoms with Gasteiger partial charge in [0, 0.05) is 24.9 Å². The lowest BCUT2D eigenvalue weighted by Crippen LogP contribution is -2.07. The third-order valence-electron chi connectivity index (χ3n) is 4.51. The number of methoxy groups -OCH3 is 1. The largest absolute Gasteiger partial charge is 0.480 e. The number of imidazole rings is 1. The molecule has 0 aliphatic heterocycles. The average molecular weight is 360 g/mol. The SMILES string of the molecule is CCC(CC)n1c(O)nc2ncc(Cl)c(-c3ccc(COC)cc3)c21. The van der Waals surface area contributed by atoms with Crippen molar-refractivity contribution in [3.8, 4) is 17.1 Å². The van der Waals surface area contributed by atoms with Crippen molar-refractivity contribution in [1.82, 2.24) is 14.5 Å². The van der Waals surface area contributed by atoms with Crippen molar-refractivity contribution in [2.45, 2.75) is 39.3 Å². The fraction of sp³-hybridized carbons (Fsp3) is 0.368. The maximum atomic E-state index is 10.4. The van der Waals surface area contributed by atoms with Crippen molar-refractivity contribution in [3.63, 3.8) is 0 Å². The lowest BCUT2D eigenvalue weighted by molar-refractivity contribution is 0.185. The molecule has 5 nitrogen and oxygen atoms in total. The van der Waals surface area contributed by atoms with Gasteiger partial charge < -0.3 is 9.84 Å². The molecule has 0 spiro atoms. The van der Waals surface area contributed by atoms with Crippen molar-refractivity contribution >= 4 is 22.8 Å². The predicted octanol–water partition coefficient (Wildman–Crippen LogP) is 4.96. The molecule has 25 heavy (non-hydrogen) atoms. The Morgan fingerprint density at radius 3 is 2.48 bits per heavy atom. The van der Waals surface area contributed by atoms with Gasteiger partial charge in [0.05, 0.1) is 11.6 Å². The fourth-order valence-corrected chi connectivity index (χ4v) is 3.48. The minimum Gasteiger partial charge on any atom is -0.480 e. The van der Waals surface area contributed by atoms with Gasteiger partial charge in [-0.05, 0) is 24.0 Å². The van der Waals surface area contributed by atoms with Crippen LogP contribution in [-0.2, 0) is 11.3 Å². The summed E-state index contributed by atoms with van der Waals surface area (Å²) in [5.74, 6) is 0. The first-order valence-corrected chi connectivity index (χ1v) is 8.82. The van der Waals surface area contributed by atoms with Crippen LogP contribution in [0.5, 0.6) is 6.01 Å². The summed E-state index contributed by atoms with van der Waals surface area (Å²) >= 11 is 6.50. The molecule has 0 fully saturated rings. The highest BCUT2D eigenvalue weighted by Crippen LogP contribution is 2.38. The van der Waals surface area contributed by atoms with Crippen LogP contribution in [0, 0.1) is 0 Å². The highest BCUT2D eigenvalue weighted by atomic mass is 35.5. The van der Waals surface area contributed by atoms with E-state index in [-0.39, 0.29) is 12.1 Å². The summed E-state index contributed by atoms with van der Waals surface area (Å²) in [6.07, 6.45) is 3.36. The number of aromatic hydroxyl groups is 1. The molecular weight excluding hydrogens is 338 g/mol. The molecule has 1 aromatic carbocycles. The standard InChI is InChI=1S/C19H22ClN3O2/c1-4-14(5-2)23-17-16(13-8-6-12(7-9-13)11-25-3)15(20)10-21-18(17)22-19(23)24/h6-10,14H,4-5,11H2,1-3H3,(H,21,22,24). The van der Waals surface area contributed by atoms with Crippen LogP contribution in [0.3, 0.4) is 0 Å². The molecule has 0 saturated carbocycles. The topological polar surface area (TPSA) is 60.2 Å². The lowest BCUT2D eigenvalue weighted by Gasteiger charge is -2.18. The minimum atomic E-state index is -0.0179. The Morgan fingerprint density at radius 2 is 1.88 bits per heavy atom. The number of ether oxygens (including phenoxy) is 1.